The molecule has 0 fully saturated rings. The Morgan fingerprint density at radius 1 is 1.35 bits per heavy atom. The smallest absolute Gasteiger partial charge is 0.339 e. The van der Waals surface area contributed by atoms with Crippen molar-refractivity contribution in [1.29, 1.82) is 0 Å². The SMILES string of the molecule is COc1cc(-c2cn3cnccc3n2)ccc1C(=O)O. The Kier molecular flexibility index (Phi) is 2.83. The number of aromatic nitrogens is 3. The number of rotatable bonds is 3. The van der Waals surface area contributed by atoms with Crippen LogP contribution in [0.4, 0.5) is 0 Å². The van der Waals surface area contributed by atoms with Crippen LogP contribution in [-0.4, -0.2) is 32.6 Å². The van der Waals surface area contributed by atoms with E-state index in [9.17, 15) is 4.79 Å². The molecule has 0 amide bonds. The van der Waals surface area contributed by atoms with Crippen LogP contribution in [0.2, 0.25) is 0 Å². The first-order valence-electron chi connectivity index (χ1n) is 5.89. The second kappa shape index (κ2) is 4.65. The fourth-order valence-electron chi connectivity index (χ4n) is 2.01. The average molecular weight is 269 g/mol. The average Bonchev–Trinajstić information content (AvgIpc) is 2.90. The van der Waals surface area contributed by atoms with E-state index in [-0.39, 0.29) is 5.56 Å². The van der Waals surface area contributed by atoms with Crippen LogP contribution in [0, 0.1) is 0 Å². The van der Waals surface area contributed by atoms with Crippen LogP contribution in [0.25, 0.3) is 16.9 Å². The van der Waals surface area contributed by atoms with E-state index in [1.165, 1.54) is 13.2 Å². The number of carboxylic acids is 1. The Balaban J connectivity index is 2.12. The summed E-state index contributed by atoms with van der Waals surface area (Å²) in [5.74, 6) is -0.710. The Morgan fingerprint density at radius 3 is 2.90 bits per heavy atom. The molecule has 6 nitrogen and oxygen atoms in total. The van der Waals surface area contributed by atoms with Gasteiger partial charge in [0.2, 0.25) is 0 Å². The van der Waals surface area contributed by atoms with Crippen molar-refractivity contribution in [3.05, 3.63) is 48.5 Å². The van der Waals surface area contributed by atoms with Gasteiger partial charge in [0, 0.05) is 18.0 Å². The lowest BCUT2D eigenvalue weighted by Gasteiger charge is -2.06. The summed E-state index contributed by atoms with van der Waals surface area (Å²) >= 11 is 0. The molecule has 0 aliphatic heterocycles. The van der Waals surface area contributed by atoms with Crippen LogP contribution in [0.15, 0.2) is 43.0 Å². The number of benzene rings is 1. The summed E-state index contributed by atoms with van der Waals surface area (Å²) in [6.07, 6.45) is 5.16. The molecule has 1 aromatic carbocycles. The zero-order valence-electron chi connectivity index (χ0n) is 10.6. The first-order chi connectivity index (χ1) is 9.69. The highest BCUT2D eigenvalue weighted by molar-refractivity contribution is 5.91. The number of aromatic carboxylic acids is 1. The molecule has 0 bridgehead atoms. The van der Waals surface area contributed by atoms with E-state index in [1.807, 2.05) is 6.20 Å². The fourth-order valence-corrected chi connectivity index (χ4v) is 2.01. The van der Waals surface area contributed by atoms with Crippen molar-refractivity contribution in [2.45, 2.75) is 0 Å². The zero-order chi connectivity index (χ0) is 14.1. The third-order valence-corrected chi connectivity index (χ3v) is 2.99. The third-order valence-electron chi connectivity index (χ3n) is 2.99. The number of hydrogen-bond acceptors (Lipinski definition) is 4. The summed E-state index contributed by atoms with van der Waals surface area (Å²) in [6.45, 7) is 0. The van der Waals surface area contributed by atoms with Gasteiger partial charge in [0.1, 0.15) is 23.3 Å². The number of methoxy groups -OCH3 is 1. The number of imidazole rings is 1. The van der Waals surface area contributed by atoms with Crippen molar-refractivity contribution in [3.63, 3.8) is 0 Å². The second-order valence-corrected chi connectivity index (χ2v) is 4.19. The van der Waals surface area contributed by atoms with E-state index in [0.717, 1.165) is 16.9 Å². The molecule has 0 aliphatic rings. The van der Waals surface area contributed by atoms with E-state index in [4.69, 9.17) is 9.84 Å². The van der Waals surface area contributed by atoms with Crippen molar-refractivity contribution in [1.82, 2.24) is 14.4 Å². The van der Waals surface area contributed by atoms with Gasteiger partial charge in [-0.1, -0.05) is 6.07 Å². The molecule has 0 saturated carbocycles. The van der Waals surface area contributed by atoms with Gasteiger partial charge >= 0.3 is 5.97 Å². The highest BCUT2D eigenvalue weighted by Gasteiger charge is 2.13. The molecule has 0 atom stereocenters. The second-order valence-electron chi connectivity index (χ2n) is 4.19. The monoisotopic (exact) mass is 269 g/mol. The van der Waals surface area contributed by atoms with Gasteiger partial charge in [-0.2, -0.15) is 0 Å². The molecule has 0 spiro atoms. The predicted molar refractivity (Wildman–Crippen MR) is 71.9 cm³/mol. The summed E-state index contributed by atoms with van der Waals surface area (Å²) in [4.78, 5) is 19.5. The topological polar surface area (TPSA) is 76.7 Å². The molecule has 2 heterocycles. The molecular formula is C14H11N3O3. The summed E-state index contributed by atoms with van der Waals surface area (Å²) in [5.41, 5.74) is 2.42. The first-order valence-corrected chi connectivity index (χ1v) is 5.89. The lowest BCUT2D eigenvalue weighted by molar-refractivity contribution is 0.0693. The van der Waals surface area contributed by atoms with Crippen LogP contribution in [0.1, 0.15) is 10.4 Å². The van der Waals surface area contributed by atoms with Crippen LogP contribution in [0.3, 0.4) is 0 Å². The van der Waals surface area contributed by atoms with Gasteiger partial charge in [-0.05, 0) is 18.2 Å². The largest absolute Gasteiger partial charge is 0.496 e. The maximum Gasteiger partial charge on any atom is 0.339 e. The molecule has 0 saturated heterocycles. The highest BCUT2D eigenvalue weighted by atomic mass is 16.5. The Morgan fingerprint density at radius 2 is 2.20 bits per heavy atom. The summed E-state index contributed by atoms with van der Waals surface area (Å²) < 4.78 is 6.91. The minimum absolute atomic E-state index is 0.127. The predicted octanol–water partition coefficient (Wildman–Crippen LogP) is 2.10. The van der Waals surface area contributed by atoms with E-state index >= 15 is 0 Å². The molecule has 100 valence electrons. The molecule has 3 aromatic rings. The summed E-state index contributed by atoms with van der Waals surface area (Å²) in [6, 6.07) is 6.69. The van der Waals surface area contributed by atoms with Crippen molar-refractivity contribution in [3.8, 4) is 17.0 Å². The summed E-state index contributed by atoms with van der Waals surface area (Å²) in [5, 5.41) is 9.06. The summed E-state index contributed by atoms with van der Waals surface area (Å²) in [7, 11) is 1.44. The van der Waals surface area contributed by atoms with Crippen molar-refractivity contribution >= 4 is 11.6 Å². The molecule has 6 heteroatoms. The van der Waals surface area contributed by atoms with E-state index in [1.54, 1.807) is 35.1 Å². The molecule has 1 N–H and O–H groups in total. The third kappa shape index (κ3) is 1.97. The molecule has 0 unspecified atom stereocenters. The Hall–Kier alpha value is -2.89. The van der Waals surface area contributed by atoms with Gasteiger partial charge in [0.25, 0.3) is 0 Å². The quantitative estimate of drug-likeness (QED) is 0.788. The van der Waals surface area contributed by atoms with Crippen molar-refractivity contribution in [2.24, 2.45) is 0 Å². The minimum atomic E-state index is -1.02. The number of ether oxygens (including phenoxy) is 1. The van der Waals surface area contributed by atoms with Gasteiger partial charge in [0.15, 0.2) is 0 Å². The molecule has 0 aliphatic carbocycles. The number of carboxylic acid groups (broad SMARTS) is 1. The van der Waals surface area contributed by atoms with E-state index in [0.29, 0.717) is 5.75 Å². The van der Waals surface area contributed by atoms with Crippen LogP contribution in [-0.2, 0) is 0 Å². The fraction of sp³-hybridized carbons (Fsp3) is 0.0714. The van der Waals surface area contributed by atoms with Gasteiger partial charge in [-0.15, -0.1) is 0 Å². The molecule has 2 aromatic heterocycles. The zero-order valence-corrected chi connectivity index (χ0v) is 10.6. The van der Waals surface area contributed by atoms with Crippen LogP contribution >= 0.6 is 0 Å². The highest BCUT2D eigenvalue weighted by Crippen LogP contribution is 2.27. The minimum Gasteiger partial charge on any atom is -0.496 e. The van der Waals surface area contributed by atoms with Crippen LogP contribution < -0.4 is 4.74 Å². The lowest BCUT2D eigenvalue weighted by atomic mass is 10.1. The first kappa shape index (κ1) is 12.2. The molecular weight excluding hydrogens is 258 g/mol. The maximum atomic E-state index is 11.1. The van der Waals surface area contributed by atoms with Gasteiger partial charge in [-0.3, -0.25) is 4.40 Å². The lowest BCUT2D eigenvalue weighted by Crippen LogP contribution is -2.00. The molecule has 3 rings (SSSR count). The van der Waals surface area contributed by atoms with Gasteiger partial charge in [0.05, 0.1) is 12.8 Å². The van der Waals surface area contributed by atoms with Crippen molar-refractivity contribution < 1.29 is 14.6 Å². The number of nitrogens with zero attached hydrogens (tertiary/aromatic N) is 3. The maximum absolute atomic E-state index is 11.1. The molecule has 20 heavy (non-hydrogen) atoms. The van der Waals surface area contributed by atoms with E-state index < -0.39 is 5.97 Å². The number of carbonyl (C=O) groups is 1. The molecule has 0 radical (unpaired) electrons. The standard InChI is InChI=1S/C14H11N3O3/c1-20-12-6-9(2-3-10(12)14(18)19)11-7-17-8-15-5-4-13(17)16-11/h2-8H,1H3,(H,18,19). The van der Waals surface area contributed by atoms with Gasteiger partial charge in [-0.25, -0.2) is 14.8 Å². The Bertz CT molecular complexity index is 762. The number of fused-ring (bicyclic) bond motifs is 1. The normalized spacial score (nSPS) is 10.7. The van der Waals surface area contributed by atoms with Gasteiger partial charge < -0.3 is 9.84 Å². The van der Waals surface area contributed by atoms with Crippen LogP contribution in [0.5, 0.6) is 5.75 Å². The van der Waals surface area contributed by atoms with E-state index in [2.05, 4.69) is 9.97 Å². The van der Waals surface area contributed by atoms with Crippen molar-refractivity contribution in [2.75, 3.05) is 7.11 Å². The Labute approximate surface area is 114 Å². The number of hydrogen-bond donors (Lipinski definition) is 1.